The van der Waals surface area contributed by atoms with E-state index in [4.69, 9.17) is 4.74 Å². The molecule has 1 atom stereocenters. The zero-order valence-corrected chi connectivity index (χ0v) is 12.0. The van der Waals surface area contributed by atoms with Crippen LogP contribution in [0.3, 0.4) is 0 Å². The van der Waals surface area contributed by atoms with Crippen molar-refractivity contribution < 1.29 is 22.7 Å². The van der Waals surface area contributed by atoms with E-state index in [1.54, 1.807) is 0 Å². The van der Waals surface area contributed by atoms with Gasteiger partial charge >= 0.3 is 12.1 Å². The quantitative estimate of drug-likeness (QED) is 0.745. The number of methoxy groups -OCH3 is 1. The maximum atomic E-state index is 12.8. The van der Waals surface area contributed by atoms with Gasteiger partial charge < -0.3 is 4.74 Å². The van der Waals surface area contributed by atoms with E-state index in [1.807, 2.05) is 6.92 Å². The summed E-state index contributed by atoms with van der Waals surface area (Å²) in [5.41, 5.74) is 0.163. The number of rotatable bonds is 6. The molecule has 1 rings (SSSR count). The van der Waals surface area contributed by atoms with Gasteiger partial charge in [-0.25, -0.2) is 0 Å². The van der Waals surface area contributed by atoms with Gasteiger partial charge in [0.25, 0.3) is 0 Å². The molecule has 1 aromatic rings. The number of ether oxygens (including phenoxy) is 1. The minimum Gasteiger partial charge on any atom is -0.497 e. The van der Waals surface area contributed by atoms with Gasteiger partial charge in [-0.2, -0.15) is 13.2 Å². The lowest BCUT2D eigenvalue weighted by molar-refractivity contribution is -0.170. The van der Waals surface area contributed by atoms with E-state index in [2.05, 4.69) is 6.58 Å². The smallest absolute Gasteiger partial charge is 0.471 e. The van der Waals surface area contributed by atoms with Crippen LogP contribution in [0, 0.1) is 0 Å². The van der Waals surface area contributed by atoms with E-state index in [0.29, 0.717) is 18.6 Å². The Balaban J connectivity index is 3.22. The van der Waals surface area contributed by atoms with Crippen molar-refractivity contribution in [3.63, 3.8) is 0 Å². The highest BCUT2D eigenvalue weighted by Crippen LogP contribution is 2.28. The van der Waals surface area contributed by atoms with Crippen LogP contribution < -0.4 is 9.64 Å². The summed E-state index contributed by atoms with van der Waals surface area (Å²) in [5, 5.41) is 0. The van der Waals surface area contributed by atoms with E-state index < -0.39 is 18.1 Å². The second-order valence-corrected chi connectivity index (χ2v) is 4.46. The zero-order chi connectivity index (χ0) is 16.0. The number of anilines is 1. The van der Waals surface area contributed by atoms with Gasteiger partial charge in [-0.3, -0.25) is 9.69 Å². The number of carbonyl (C=O) groups is 1. The van der Waals surface area contributed by atoms with Crippen molar-refractivity contribution in [2.75, 3.05) is 12.0 Å². The number of nitrogens with zero attached hydrogens (tertiary/aromatic N) is 1. The third kappa shape index (κ3) is 4.24. The monoisotopic (exact) mass is 301 g/mol. The molecule has 0 aliphatic carbocycles. The molecule has 1 unspecified atom stereocenters. The molecule has 0 N–H and O–H groups in total. The van der Waals surface area contributed by atoms with E-state index in [-0.39, 0.29) is 5.69 Å². The normalized spacial score (nSPS) is 12.6. The van der Waals surface area contributed by atoms with Crippen LogP contribution in [0.4, 0.5) is 18.9 Å². The minimum atomic E-state index is -4.94. The van der Waals surface area contributed by atoms with Crippen molar-refractivity contribution in [1.29, 1.82) is 0 Å². The van der Waals surface area contributed by atoms with E-state index in [0.717, 1.165) is 4.90 Å². The average Bonchev–Trinajstić information content (AvgIpc) is 2.46. The Hall–Kier alpha value is -1.98. The van der Waals surface area contributed by atoms with Gasteiger partial charge in [-0.05, 0) is 30.7 Å². The highest BCUT2D eigenvalue weighted by atomic mass is 19.4. The fraction of sp³-hybridized carbons (Fsp3) is 0.400. The second-order valence-electron chi connectivity index (χ2n) is 4.46. The average molecular weight is 301 g/mol. The minimum absolute atomic E-state index is 0.163. The van der Waals surface area contributed by atoms with Crippen LogP contribution in [0.15, 0.2) is 36.9 Å². The van der Waals surface area contributed by atoms with Crippen molar-refractivity contribution in [2.24, 2.45) is 0 Å². The second kappa shape index (κ2) is 7.15. The molecule has 0 heterocycles. The summed E-state index contributed by atoms with van der Waals surface area (Å²) in [6.07, 6.45) is -2.54. The van der Waals surface area contributed by atoms with Gasteiger partial charge in [-0.15, -0.1) is 6.58 Å². The van der Waals surface area contributed by atoms with Crippen molar-refractivity contribution in [1.82, 2.24) is 0 Å². The highest BCUT2D eigenvalue weighted by molar-refractivity contribution is 5.98. The molecule has 0 saturated heterocycles. The van der Waals surface area contributed by atoms with E-state index in [1.165, 1.54) is 37.5 Å². The largest absolute Gasteiger partial charge is 0.497 e. The summed E-state index contributed by atoms with van der Waals surface area (Å²) in [6, 6.07) is 5.16. The van der Waals surface area contributed by atoms with Crippen LogP contribution in [0.5, 0.6) is 5.75 Å². The summed E-state index contributed by atoms with van der Waals surface area (Å²) in [5.74, 6) is -1.39. The first-order valence-electron chi connectivity index (χ1n) is 6.52. The molecule has 0 radical (unpaired) electrons. The number of halogens is 3. The van der Waals surface area contributed by atoms with Gasteiger partial charge in [0.2, 0.25) is 0 Å². The first-order valence-corrected chi connectivity index (χ1v) is 6.52. The molecule has 0 aromatic heterocycles. The van der Waals surface area contributed by atoms with Gasteiger partial charge in [-0.1, -0.05) is 19.4 Å². The molecule has 0 aliphatic heterocycles. The van der Waals surface area contributed by atoms with E-state index >= 15 is 0 Å². The lowest BCUT2D eigenvalue weighted by atomic mass is 10.1. The molecule has 1 amide bonds. The Kier molecular flexibility index (Phi) is 5.81. The lowest BCUT2D eigenvalue weighted by Gasteiger charge is -2.30. The number of carbonyl (C=O) groups excluding carboxylic acids is 1. The van der Waals surface area contributed by atoms with Crippen molar-refractivity contribution in [3.8, 4) is 5.75 Å². The molecule has 1 aromatic carbocycles. The fourth-order valence-corrected chi connectivity index (χ4v) is 1.99. The van der Waals surface area contributed by atoms with Crippen LogP contribution in [0.2, 0.25) is 0 Å². The predicted octanol–water partition coefficient (Wildman–Crippen LogP) is 3.95. The highest BCUT2D eigenvalue weighted by Gasteiger charge is 2.44. The third-order valence-corrected chi connectivity index (χ3v) is 3.00. The number of hydrogen-bond acceptors (Lipinski definition) is 2. The molecule has 0 bridgehead atoms. The summed E-state index contributed by atoms with van der Waals surface area (Å²) in [7, 11) is 1.46. The standard InChI is InChI=1S/C15H18F3NO2/c1-4-6-11(5-2)19(14(20)15(16,17)18)12-7-9-13(21-3)10-8-12/h5,7-11H,2,4,6H2,1,3H3. The summed E-state index contributed by atoms with van der Waals surface area (Å²) in [4.78, 5) is 12.4. The summed E-state index contributed by atoms with van der Waals surface area (Å²) < 4.78 is 43.4. The number of hydrogen-bond donors (Lipinski definition) is 0. The van der Waals surface area contributed by atoms with Crippen LogP contribution in [-0.4, -0.2) is 25.2 Å². The summed E-state index contributed by atoms with van der Waals surface area (Å²) in [6.45, 7) is 5.37. The van der Waals surface area contributed by atoms with Crippen molar-refractivity contribution >= 4 is 11.6 Å². The first kappa shape index (κ1) is 17.1. The number of amides is 1. The topological polar surface area (TPSA) is 29.5 Å². The molecule has 0 spiro atoms. The fourth-order valence-electron chi connectivity index (χ4n) is 1.99. The van der Waals surface area contributed by atoms with E-state index in [9.17, 15) is 18.0 Å². The Morgan fingerprint density at radius 2 is 1.95 bits per heavy atom. The van der Waals surface area contributed by atoms with Crippen LogP contribution in [-0.2, 0) is 4.79 Å². The molecule has 21 heavy (non-hydrogen) atoms. The molecular formula is C15H18F3NO2. The molecular weight excluding hydrogens is 283 g/mol. The number of benzene rings is 1. The zero-order valence-electron chi connectivity index (χ0n) is 12.0. The molecule has 0 aliphatic rings. The third-order valence-electron chi connectivity index (χ3n) is 3.00. The number of alkyl halides is 3. The van der Waals surface area contributed by atoms with Crippen molar-refractivity contribution in [3.05, 3.63) is 36.9 Å². The van der Waals surface area contributed by atoms with Crippen LogP contribution in [0.25, 0.3) is 0 Å². The van der Waals surface area contributed by atoms with Crippen molar-refractivity contribution in [2.45, 2.75) is 32.0 Å². The Bertz CT molecular complexity index is 483. The molecule has 6 heteroatoms. The maximum Gasteiger partial charge on any atom is 0.471 e. The molecule has 0 fully saturated rings. The molecule has 0 saturated carbocycles. The SMILES string of the molecule is C=CC(CCC)N(C(=O)C(F)(F)F)c1ccc(OC)cc1. The van der Waals surface area contributed by atoms with Gasteiger partial charge in [0.05, 0.1) is 13.2 Å². The maximum absolute atomic E-state index is 12.8. The first-order chi connectivity index (χ1) is 9.85. The molecule has 116 valence electrons. The Labute approximate surface area is 122 Å². The van der Waals surface area contributed by atoms with Crippen LogP contribution in [0.1, 0.15) is 19.8 Å². The Morgan fingerprint density at radius 3 is 2.33 bits per heavy atom. The Morgan fingerprint density at radius 1 is 1.38 bits per heavy atom. The van der Waals surface area contributed by atoms with Gasteiger partial charge in [0.15, 0.2) is 0 Å². The molecule has 3 nitrogen and oxygen atoms in total. The van der Waals surface area contributed by atoms with Crippen LogP contribution >= 0.6 is 0 Å². The van der Waals surface area contributed by atoms with Gasteiger partial charge in [0.1, 0.15) is 5.75 Å². The van der Waals surface area contributed by atoms with Gasteiger partial charge in [0, 0.05) is 5.69 Å². The predicted molar refractivity (Wildman–Crippen MR) is 75.4 cm³/mol. The summed E-state index contributed by atoms with van der Waals surface area (Å²) >= 11 is 0. The lowest BCUT2D eigenvalue weighted by Crippen LogP contribution is -2.46.